The molecule has 1 N–H and O–H groups in total. The molecule has 0 radical (unpaired) electrons. The first kappa shape index (κ1) is 19.8. The van der Waals surface area contributed by atoms with Gasteiger partial charge >= 0.3 is 0 Å². The number of furan rings is 1. The van der Waals surface area contributed by atoms with Crippen molar-refractivity contribution in [3.05, 3.63) is 60.1 Å². The van der Waals surface area contributed by atoms with Crippen molar-refractivity contribution in [3.63, 3.8) is 0 Å². The number of benzene rings is 1. The van der Waals surface area contributed by atoms with E-state index in [1.54, 1.807) is 6.26 Å². The number of amides is 1. The highest BCUT2D eigenvalue weighted by Gasteiger charge is 2.58. The van der Waals surface area contributed by atoms with Gasteiger partial charge in [0.2, 0.25) is 5.91 Å². The lowest BCUT2D eigenvalue weighted by atomic mass is 9.74. The first-order valence-electron chi connectivity index (χ1n) is 11.4. The summed E-state index contributed by atoms with van der Waals surface area (Å²) in [6.45, 7) is 5.23. The average Bonchev–Trinajstić information content (AvgIpc) is 3.24. The zero-order valence-corrected chi connectivity index (χ0v) is 17.6. The van der Waals surface area contributed by atoms with Crippen LogP contribution in [0.4, 0.5) is 0 Å². The first-order valence-corrected chi connectivity index (χ1v) is 11.4. The zero-order valence-electron chi connectivity index (χ0n) is 17.6. The Morgan fingerprint density at radius 3 is 2.50 bits per heavy atom. The van der Waals surface area contributed by atoms with Crippen LogP contribution in [0.5, 0.6) is 0 Å². The van der Waals surface area contributed by atoms with Gasteiger partial charge in [0.15, 0.2) is 0 Å². The molecule has 1 unspecified atom stereocenters. The smallest absolute Gasteiger partial charge is 0.223 e. The van der Waals surface area contributed by atoms with E-state index in [-0.39, 0.29) is 22.7 Å². The van der Waals surface area contributed by atoms with E-state index in [0.717, 1.165) is 77.3 Å². The second-order valence-corrected chi connectivity index (χ2v) is 9.45. The number of nitrogens with one attached hydrogen (secondary N) is 1. The Hall–Kier alpha value is -2.11. The lowest BCUT2D eigenvalue weighted by Crippen LogP contribution is -2.45. The lowest BCUT2D eigenvalue weighted by molar-refractivity contribution is -0.124. The molecule has 1 aliphatic carbocycles. The molecule has 1 atom stereocenters. The monoisotopic (exact) mass is 408 g/mol. The number of hydrogen-bond donors (Lipinski definition) is 1. The highest BCUT2D eigenvalue weighted by atomic mass is 16.5. The number of carbonyl (C=O) groups excluding carboxylic acids is 1. The fourth-order valence-corrected chi connectivity index (χ4v) is 5.55. The third-order valence-corrected chi connectivity index (χ3v) is 7.75. The first-order chi connectivity index (χ1) is 14.7. The summed E-state index contributed by atoms with van der Waals surface area (Å²) in [6.07, 6.45) is 6.95. The molecule has 0 bridgehead atoms. The molecular weight excluding hydrogens is 376 g/mol. The summed E-state index contributed by atoms with van der Waals surface area (Å²) in [5.74, 6) is 1.48. The van der Waals surface area contributed by atoms with Crippen molar-refractivity contribution in [2.45, 2.75) is 44.1 Å². The largest absolute Gasteiger partial charge is 0.468 e. The van der Waals surface area contributed by atoms with Crippen LogP contribution in [0.25, 0.3) is 0 Å². The molecule has 5 nitrogen and oxygen atoms in total. The molecule has 3 heterocycles. The quantitative estimate of drug-likeness (QED) is 0.791. The Morgan fingerprint density at radius 2 is 1.80 bits per heavy atom. The molecule has 1 aromatic carbocycles. The summed E-state index contributed by atoms with van der Waals surface area (Å²) >= 11 is 0. The lowest BCUT2D eigenvalue weighted by Gasteiger charge is -2.38. The number of piperidine rings is 1. The zero-order chi connectivity index (χ0) is 20.4. The predicted octanol–water partition coefficient (Wildman–Crippen LogP) is 3.75. The second-order valence-electron chi connectivity index (χ2n) is 9.45. The molecule has 2 aliphatic heterocycles. The van der Waals surface area contributed by atoms with E-state index >= 15 is 0 Å². The molecule has 30 heavy (non-hydrogen) atoms. The van der Waals surface area contributed by atoms with E-state index in [2.05, 4.69) is 40.5 Å². The molecule has 1 saturated carbocycles. The molecular formula is C25H32N2O3. The normalized spacial score (nSPS) is 25.1. The third kappa shape index (κ3) is 3.93. The van der Waals surface area contributed by atoms with Crippen LogP contribution in [-0.2, 0) is 21.5 Å². The van der Waals surface area contributed by atoms with Crippen molar-refractivity contribution in [2.75, 3.05) is 32.8 Å². The Kier molecular flexibility index (Phi) is 5.42. The molecule has 2 saturated heterocycles. The Labute approximate surface area is 178 Å². The fraction of sp³-hybridized carbons (Fsp3) is 0.560. The van der Waals surface area contributed by atoms with Crippen LogP contribution in [0, 0.1) is 11.3 Å². The fourth-order valence-electron chi connectivity index (χ4n) is 5.55. The van der Waals surface area contributed by atoms with Gasteiger partial charge < -0.3 is 14.5 Å². The van der Waals surface area contributed by atoms with Crippen LogP contribution >= 0.6 is 0 Å². The van der Waals surface area contributed by atoms with Crippen molar-refractivity contribution < 1.29 is 13.9 Å². The van der Waals surface area contributed by atoms with Crippen LogP contribution in [0.15, 0.2) is 53.1 Å². The summed E-state index contributed by atoms with van der Waals surface area (Å²) in [5.41, 5.74) is 1.56. The maximum absolute atomic E-state index is 13.1. The van der Waals surface area contributed by atoms with Gasteiger partial charge in [-0.15, -0.1) is 0 Å². The van der Waals surface area contributed by atoms with Gasteiger partial charge in [-0.2, -0.15) is 0 Å². The van der Waals surface area contributed by atoms with Crippen molar-refractivity contribution in [3.8, 4) is 0 Å². The molecule has 5 heteroatoms. The van der Waals surface area contributed by atoms with Gasteiger partial charge in [0, 0.05) is 31.1 Å². The van der Waals surface area contributed by atoms with Crippen LogP contribution in [-0.4, -0.2) is 43.7 Å². The highest BCUT2D eigenvalue weighted by molar-refractivity contribution is 5.82. The summed E-state index contributed by atoms with van der Waals surface area (Å²) < 4.78 is 11.1. The molecule has 3 aliphatic rings. The maximum Gasteiger partial charge on any atom is 0.223 e. The average molecular weight is 409 g/mol. The molecule has 160 valence electrons. The molecule has 3 fully saturated rings. The standard InChI is InChI=1S/C25H32N2O3/c28-23(26-19-25(10-15-29-16-11-25)20-5-2-1-3-6-20)22-17-24(22)8-12-27(13-9-24)18-21-7-4-14-30-21/h1-7,14,22H,8-13,15-19H2,(H,26,28). The van der Waals surface area contributed by atoms with E-state index in [0.29, 0.717) is 0 Å². The molecule has 2 aromatic rings. The molecule has 1 aromatic heterocycles. The van der Waals surface area contributed by atoms with Crippen LogP contribution in [0.1, 0.15) is 43.4 Å². The highest BCUT2D eigenvalue weighted by Crippen LogP contribution is 2.59. The second kappa shape index (κ2) is 8.20. The van der Waals surface area contributed by atoms with Gasteiger partial charge in [0.05, 0.1) is 12.8 Å². The van der Waals surface area contributed by atoms with Crippen LogP contribution in [0.3, 0.4) is 0 Å². The number of carbonyl (C=O) groups is 1. The van der Waals surface area contributed by atoms with Crippen LogP contribution < -0.4 is 5.32 Å². The minimum absolute atomic E-state index is 0.00360. The number of ether oxygens (including phenoxy) is 1. The predicted molar refractivity (Wildman–Crippen MR) is 115 cm³/mol. The van der Waals surface area contributed by atoms with E-state index in [9.17, 15) is 4.79 Å². The number of rotatable bonds is 6. The van der Waals surface area contributed by atoms with Gasteiger partial charge in [0.25, 0.3) is 0 Å². The van der Waals surface area contributed by atoms with Crippen molar-refractivity contribution in [1.82, 2.24) is 10.2 Å². The summed E-state index contributed by atoms with van der Waals surface area (Å²) in [6, 6.07) is 14.6. The summed E-state index contributed by atoms with van der Waals surface area (Å²) in [7, 11) is 0. The van der Waals surface area contributed by atoms with Crippen molar-refractivity contribution in [1.29, 1.82) is 0 Å². The van der Waals surface area contributed by atoms with E-state index in [1.165, 1.54) is 5.56 Å². The Balaban J connectivity index is 1.16. The molecule has 1 amide bonds. The van der Waals surface area contributed by atoms with Gasteiger partial charge in [-0.1, -0.05) is 30.3 Å². The summed E-state index contributed by atoms with van der Waals surface area (Å²) in [5, 5.41) is 3.35. The van der Waals surface area contributed by atoms with Crippen molar-refractivity contribution in [2.24, 2.45) is 11.3 Å². The van der Waals surface area contributed by atoms with Gasteiger partial charge in [-0.05, 0) is 68.3 Å². The number of likely N-dealkylation sites (tertiary alicyclic amines) is 1. The van der Waals surface area contributed by atoms with Gasteiger partial charge in [0.1, 0.15) is 5.76 Å². The third-order valence-electron chi connectivity index (χ3n) is 7.75. The van der Waals surface area contributed by atoms with Gasteiger partial charge in [-0.25, -0.2) is 0 Å². The summed E-state index contributed by atoms with van der Waals surface area (Å²) in [4.78, 5) is 15.5. The Bertz CT molecular complexity index is 835. The number of nitrogens with zero attached hydrogens (tertiary/aromatic N) is 1. The minimum Gasteiger partial charge on any atom is -0.468 e. The van der Waals surface area contributed by atoms with E-state index < -0.39 is 0 Å². The Morgan fingerprint density at radius 1 is 1.03 bits per heavy atom. The topological polar surface area (TPSA) is 54.7 Å². The van der Waals surface area contributed by atoms with E-state index in [1.807, 2.05) is 12.1 Å². The maximum atomic E-state index is 13.1. The SMILES string of the molecule is O=C(NCC1(c2ccccc2)CCOCC1)C1CC12CCN(Cc1ccco1)CC2. The number of hydrogen-bond acceptors (Lipinski definition) is 4. The van der Waals surface area contributed by atoms with Crippen LogP contribution in [0.2, 0.25) is 0 Å². The van der Waals surface area contributed by atoms with E-state index in [4.69, 9.17) is 9.15 Å². The minimum atomic E-state index is 0.00360. The molecule has 1 spiro atoms. The molecule has 5 rings (SSSR count). The van der Waals surface area contributed by atoms with Crippen molar-refractivity contribution >= 4 is 5.91 Å². The van der Waals surface area contributed by atoms with Gasteiger partial charge in [-0.3, -0.25) is 9.69 Å².